The van der Waals surface area contributed by atoms with E-state index < -0.39 is 0 Å². The summed E-state index contributed by atoms with van der Waals surface area (Å²) in [6, 6.07) is 0.235. The fraction of sp³-hybridized carbons (Fsp3) is 0.571. The average Bonchev–Trinajstić information content (AvgIpc) is 2.16. The average molecular weight is 215 g/mol. The van der Waals surface area contributed by atoms with Gasteiger partial charge in [0.1, 0.15) is 0 Å². The third kappa shape index (κ3) is 3.00. The Morgan fingerprint density at radius 3 is 2.36 bits per heavy atom. The van der Waals surface area contributed by atoms with Crippen molar-refractivity contribution in [1.82, 2.24) is 15.0 Å². The molecule has 6 nitrogen and oxygen atoms in total. The van der Waals surface area contributed by atoms with E-state index in [0.29, 0.717) is 11.1 Å². The third-order valence-corrected chi connectivity index (χ3v) is 1.86. The Morgan fingerprint density at radius 2 is 1.86 bits per heavy atom. The number of nitrogens with one attached hydrogen (secondary N) is 2. The van der Waals surface area contributed by atoms with Gasteiger partial charge in [-0.15, -0.1) is 0 Å². The fourth-order valence-corrected chi connectivity index (χ4v) is 1.18. The molecule has 0 fully saturated rings. The number of nitrogens with zero attached hydrogens (tertiary/aromatic N) is 3. The summed E-state index contributed by atoms with van der Waals surface area (Å²) >= 11 is 1.39. The van der Waals surface area contributed by atoms with Gasteiger partial charge in [0, 0.05) is 6.04 Å². The summed E-state index contributed by atoms with van der Waals surface area (Å²) in [5, 5.41) is 12.3. The van der Waals surface area contributed by atoms with Crippen molar-refractivity contribution in [2.24, 2.45) is 0 Å². The van der Waals surface area contributed by atoms with Crippen molar-refractivity contribution in [3.63, 3.8) is 0 Å². The second-order valence-electron chi connectivity index (χ2n) is 2.88. The highest BCUT2D eigenvalue weighted by molar-refractivity contribution is 7.98. The summed E-state index contributed by atoms with van der Waals surface area (Å²) in [7, 11) is 0. The van der Waals surface area contributed by atoms with Crippen LogP contribution in [0.3, 0.4) is 0 Å². The van der Waals surface area contributed by atoms with Crippen molar-refractivity contribution in [3.8, 4) is 0 Å². The molecule has 0 aliphatic heterocycles. The predicted octanol–water partition coefficient (Wildman–Crippen LogP) is 1.21. The molecule has 1 heterocycles. The normalized spacial score (nSPS) is 10.4. The van der Waals surface area contributed by atoms with Crippen molar-refractivity contribution < 1.29 is 5.21 Å². The summed E-state index contributed by atoms with van der Waals surface area (Å²) in [4.78, 5) is 12.0. The molecule has 78 valence electrons. The number of hydrogen-bond acceptors (Lipinski definition) is 7. The predicted molar refractivity (Wildman–Crippen MR) is 55.8 cm³/mol. The van der Waals surface area contributed by atoms with E-state index in [-0.39, 0.29) is 12.0 Å². The van der Waals surface area contributed by atoms with Crippen molar-refractivity contribution >= 4 is 23.7 Å². The van der Waals surface area contributed by atoms with Crippen LogP contribution in [0.15, 0.2) is 5.16 Å². The van der Waals surface area contributed by atoms with Gasteiger partial charge in [0.25, 0.3) is 5.95 Å². The molecule has 0 unspecified atom stereocenters. The van der Waals surface area contributed by atoms with E-state index >= 15 is 0 Å². The molecule has 0 spiro atoms. The minimum atomic E-state index is 0.146. The summed E-state index contributed by atoms with van der Waals surface area (Å²) in [6.07, 6.45) is 1.86. The zero-order chi connectivity index (χ0) is 10.6. The molecule has 0 radical (unpaired) electrons. The van der Waals surface area contributed by atoms with Gasteiger partial charge >= 0.3 is 0 Å². The highest BCUT2D eigenvalue weighted by atomic mass is 32.2. The van der Waals surface area contributed by atoms with Gasteiger partial charge in [0.15, 0.2) is 5.16 Å². The van der Waals surface area contributed by atoms with Crippen LogP contribution in [-0.2, 0) is 0 Å². The monoisotopic (exact) mass is 215 g/mol. The zero-order valence-corrected chi connectivity index (χ0v) is 9.09. The van der Waals surface area contributed by atoms with Crippen LogP contribution in [0.2, 0.25) is 0 Å². The SMILES string of the molecule is CSc1nc(NO)nc(NC(C)C)n1. The van der Waals surface area contributed by atoms with Crippen molar-refractivity contribution in [3.05, 3.63) is 0 Å². The maximum Gasteiger partial charge on any atom is 0.252 e. The molecule has 0 bridgehead atoms. The van der Waals surface area contributed by atoms with Crippen molar-refractivity contribution in [2.75, 3.05) is 17.1 Å². The van der Waals surface area contributed by atoms with Crippen molar-refractivity contribution in [2.45, 2.75) is 25.0 Å². The van der Waals surface area contributed by atoms with Crippen molar-refractivity contribution in [1.29, 1.82) is 0 Å². The van der Waals surface area contributed by atoms with E-state index in [2.05, 4.69) is 20.3 Å². The maximum absolute atomic E-state index is 8.68. The Labute approximate surface area is 86.5 Å². The number of anilines is 2. The molecular formula is C7H13N5OS. The van der Waals surface area contributed by atoms with Gasteiger partial charge < -0.3 is 5.32 Å². The Morgan fingerprint density at radius 1 is 1.21 bits per heavy atom. The summed E-state index contributed by atoms with van der Waals surface area (Å²) in [5.74, 6) is 0.600. The zero-order valence-electron chi connectivity index (χ0n) is 8.27. The fourth-order valence-electron chi connectivity index (χ4n) is 0.821. The molecule has 3 N–H and O–H groups in total. The molecule has 1 aromatic rings. The second-order valence-corrected chi connectivity index (χ2v) is 3.65. The highest BCUT2D eigenvalue weighted by Gasteiger charge is 2.05. The maximum atomic E-state index is 8.68. The third-order valence-electron chi connectivity index (χ3n) is 1.32. The van der Waals surface area contributed by atoms with E-state index in [1.165, 1.54) is 11.8 Å². The lowest BCUT2D eigenvalue weighted by atomic mass is 10.4. The smallest absolute Gasteiger partial charge is 0.252 e. The summed E-state index contributed by atoms with van der Waals surface area (Å²) in [6.45, 7) is 3.96. The quantitative estimate of drug-likeness (QED) is 0.514. The Kier molecular flexibility index (Phi) is 3.90. The highest BCUT2D eigenvalue weighted by Crippen LogP contribution is 2.13. The first kappa shape index (κ1) is 11.0. The van der Waals surface area contributed by atoms with Gasteiger partial charge in [-0.25, -0.2) is 5.48 Å². The van der Waals surface area contributed by atoms with Gasteiger partial charge in [-0.2, -0.15) is 15.0 Å². The van der Waals surface area contributed by atoms with Gasteiger partial charge in [-0.3, -0.25) is 5.21 Å². The molecule has 7 heteroatoms. The van der Waals surface area contributed by atoms with Crippen LogP contribution in [-0.4, -0.2) is 32.5 Å². The lowest BCUT2D eigenvalue weighted by Gasteiger charge is -2.09. The molecule has 0 aromatic carbocycles. The van der Waals surface area contributed by atoms with Crippen LogP contribution in [0.4, 0.5) is 11.9 Å². The number of aromatic nitrogens is 3. The Hall–Kier alpha value is -1.08. The van der Waals surface area contributed by atoms with E-state index in [1.54, 1.807) is 0 Å². The summed E-state index contributed by atoms with van der Waals surface area (Å²) < 4.78 is 0. The van der Waals surface area contributed by atoms with Crippen LogP contribution in [0, 0.1) is 0 Å². The van der Waals surface area contributed by atoms with Gasteiger partial charge in [-0.05, 0) is 20.1 Å². The summed E-state index contributed by atoms with van der Waals surface area (Å²) in [5.41, 5.74) is 1.90. The molecule has 0 aliphatic carbocycles. The Balaban J connectivity index is 2.92. The molecule has 1 aromatic heterocycles. The van der Waals surface area contributed by atoms with Gasteiger partial charge in [0.2, 0.25) is 5.95 Å². The number of thioether (sulfide) groups is 1. The minimum absolute atomic E-state index is 0.146. The lowest BCUT2D eigenvalue weighted by Crippen LogP contribution is -2.14. The molecule has 0 aliphatic rings. The molecular weight excluding hydrogens is 202 g/mol. The standard InChI is InChI=1S/C7H13N5OS/c1-4(2)8-5-9-6(12-13)11-7(10-5)14-3/h4,13H,1-3H3,(H2,8,9,10,11,12). The van der Waals surface area contributed by atoms with Crippen LogP contribution >= 0.6 is 11.8 Å². The van der Waals surface area contributed by atoms with Gasteiger partial charge in [-0.1, -0.05) is 11.8 Å². The molecule has 14 heavy (non-hydrogen) atoms. The Bertz CT molecular complexity index is 284. The van der Waals surface area contributed by atoms with Gasteiger partial charge in [0.05, 0.1) is 0 Å². The van der Waals surface area contributed by atoms with Crippen LogP contribution in [0.5, 0.6) is 0 Å². The van der Waals surface area contributed by atoms with Crippen LogP contribution in [0.1, 0.15) is 13.8 Å². The molecule has 0 saturated heterocycles. The topological polar surface area (TPSA) is 83.0 Å². The van der Waals surface area contributed by atoms with E-state index in [4.69, 9.17) is 5.21 Å². The second kappa shape index (κ2) is 4.97. The molecule has 0 saturated carbocycles. The van der Waals surface area contributed by atoms with Crippen LogP contribution in [0.25, 0.3) is 0 Å². The first-order valence-corrected chi connectivity index (χ1v) is 5.35. The first-order chi connectivity index (χ1) is 6.65. The first-order valence-electron chi connectivity index (χ1n) is 4.12. The van der Waals surface area contributed by atoms with E-state index in [0.717, 1.165) is 0 Å². The largest absolute Gasteiger partial charge is 0.352 e. The van der Waals surface area contributed by atoms with E-state index in [1.807, 2.05) is 25.6 Å². The molecule has 0 amide bonds. The lowest BCUT2D eigenvalue weighted by molar-refractivity contribution is 0.381. The minimum Gasteiger partial charge on any atom is -0.352 e. The number of hydrogen-bond donors (Lipinski definition) is 3. The van der Waals surface area contributed by atoms with Crippen LogP contribution < -0.4 is 10.8 Å². The van der Waals surface area contributed by atoms with E-state index in [9.17, 15) is 0 Å². The molecule has 1 rings (SSSR count). The molecule has 0 atom stereocenters. The number of rotatable bonds is 4.